The van der Waals surface area contributed by atoms with Gasteiger partial charge >= 0.3 is 0 Å². The fraction of sp³-hybridized carbons (Fsp3) is 1.00. The molecule has 2 heterocycles. The summed E-state index contributed by atoms with van der Waals surface area (Å²) in [7, 11) is 0. The number of rotatable bonds is 5. The molecule has 1 unspecified atom stereocenters. The van der Waals surface area contributed by atoms with Crippen molar-refractivity contribution in [1.29, 1.82) is 0 Å². The molecule has 3 aliphatic rings. The predicted octanol–water partition coefficient (Wildman–Crippen LogP) is 1.69. The molecule has 3 heteroatoms. The van der Waals surface area contributed by atoms with Gasteiger partial charge in [0.05, 0.1) is 0 Å². The van der Waals surface area contributed by atoms with E-state index in [1.54, 1.807) is 0 Å². The lowest BCUT2D eigenvalue weighted by Crippen LogP contribution is -2.49. The van der Waals surface area contributed by atoms with E-state index in [4.69, 9.17) is 0 Å². The number of nitrogens with zero attached hydrogens (tertiary/aromatic N) is 2. The van der Waals surface area contributed by atoms with E-state index >= 15 is 0 Å². The highest BCUT2D eigenvalue weighted by Gasteiger charge is 2.36. The van der Waals surface area contributed by atoms with Crippen LogP contribution >= 0.6 is 0 Å². The minimum absolute atomic E-state index is 0.787. The smallest absolute Gasteiger partial charge is 0.0195 e. The molecule has 2 aliphatic heterocycles. The van der Waals surface area contributed by atoms with Crippen LogP contribution in [0.1, 0.15) is 45.4 Å². The van der Waals surface area contributed by atoms with Gasteiger partial charge < -0.3 is 10.2 Å². The van der Waals surface area contributed by atoms with Gasteiger partial charge in [0.1, 0.15) is 0 Å². The zero-order valence-electron chi connectivity index (χ0n) is 11.9. The van der Waals surface area contributed by atoms with Gasteiger partial charge in [0.2, 0.25) is 0 Å². The second kappa shape index (κ2) is 5.89. The largest absolute Gasteiger partial charge is 0.313 e. The fourth-order valence-electron chi connectivity index (χ4n) is 3.74. The van der Waals surface area contributed by atoms with Crippen molar-refractivity contribution >= 4 is 0 Å². The topological polar surface area (TPSA) is 18.5 Å². The third-order valence-electron chi connectivity index (χ3n) is 5.08. The standard InChI is InChI=1S/C15H29N3/c1-2-17-10-7-15(8-11-17)18(14-5-6-14)12-13-4-3-9-16-13/h13-16H,2-12H2,1H3. The Balaban J connectivity index is 1.53. The Hall–Kier alpha value is -0.120. The summed E-state index contributed by atoms with van der Waals surface area (Å²) in [5.41, 5.74) is 0. The number of likely N-dealkylation sites (tertiary alicyclic amines) is 1. The normalized spacial score (nSPS) is 31.3. The van der Waals surface area contributed by atoms with Crippen LogP contribution in [-0.4, -0.2) is 60.6 Å². The van der Waals surface area contributed by atoms with Crippen LogP contribution in [0.25, 0.3) is 0 Å². The van der Waals surface area contributed by atoms with Crippen LogP contribution in [0.4, 0.5) is 0 Å². The lowest BCUT2D eigenvalue weighted by atomic mass is 10.0. The van der Waals surface area contributed by atoms with Crippen molar-refractivity contribution in [2.75, 3.05) is 32.7 Å². The lowest BCUT2D eigenvalue weighted by molar-refractivity contribution is 0.0973. The molecule has 1 saturated carbocycles. The summed E-state index contributed by atoms with van der Waals surface area (Å²) in [6, 6.07) is 2.60. The monoisotopic (exact) mass is 251 g/mol. The van der Waals surface area contributed by atoms with E-state index in [0.29, 0.717) is 0 Å². The highest BCUT2D eigenvalue weighted by atomic mass is 15.3. The van der Waals surface area contributed by atoms with Crippen molar-refractivity contribution in [3.05, 3.63) is 0 Å². The van der Waals surface area contributed by atoms with Crippen LogP contribution in [0.15, 0.2) is 0 Å². The van der Waals surface area contributed by atoms with E-state index in [-0.39, 0.29) is 0 Å². The Kier molecular flexibility index (Phi) is 4.22. The van der Waals surface area contributed by atoms with E-state index < -0.39 is 0 Å². The Bertz CT molecular complexity index is 250. The lowest BCUT2D eigenvalue weighted by Gasteiger charge is -2.39. The molecule has 3 fully saturated rings. The number of hydrogen-bond donors (Lipinski definition) is 1. The first-order chi connectivity index (χ1) is 8.86. The summed E-state index contributed by atoms with van der Waals surface area (Å²) in [4.78, 5) is 5.48. The van der Waals surface area contributed by atoms with Crippen molar-refractivity contribution in [3.8, 4) is 0 Å². The molecule has 0 spiro atoms. The molecule has 0 aromatic carbocycles. The van der Waals surface area contributed by atoms with Crippen molar-refractivity contribution in [2.24, 2.45) is 0 Å². The summed E-state index contributed by atoms with van der Waals surface area (Å²) in [5, 5.41) is 3.68. The van der Waals surface area contributed by atoms with Gasteiger partial charge in [-0.05, 0) is 64.7 Å². The van der Waals surface area contributed by atoms with E-state index in [1.807, 2.05) is 0 Å². The molecule has 1 atom stereocenters. The second-order valence-corrected chi connectivity index (χ2v) is 6.39. The molecular formula is C15H29N3. The molecule has 1 aliphatic carbocycles. The number of hydrogen-bond acceptors (Lipinski definition) is 3. The first-order valence-electron chi connectivity index (χ1n) is 8.08. The zero-order chi connectivity index (χ0) is 12.4. The Morgan fingerprint density at radius 2 is 1.78 bits per heavy atom. The predicted molar refractivity (Wildman–Crippen MR) is 75.9 cm³/mol. The SMILES string of the molecule is CCN1CCC(N(CC2CCCN2)C2CC2)CC1. The molecule has 0 aromatic rings. The average Bonchev–Trinajstić information content (AvgIpc) is 3.13. The summed E-state index contributed by atoms with van der Waals surface area (Å²) in [6.45, 7) is 8.74. The van der Waals surface area contributed by atoms with Crippen molar-refractivity contribution in [1.82, 2.24) is 15.1 Å². The molecule has 0 amide bonds. The first-order valence-corrected chi connectivity index (χ1v) is 8.08. The van der Waals surface area contributed by atoms with Crippen LogP contribution < -0.4 is 5.32 Å². The van der Waals surface area contributed by atoms with Crippen LogP contribution in [-0.2, 0) is 0 Å². The van der Waals surface area contributed by atoms with Gasteiger partial charge in [0.15, 0.2) is 0 Å². The van der Waals surface area contributed by atoms with Crippen LogP contribution in [0.5, 0.6) is 0 Å². The maximum atomic E-state index is 3.68. The highest BCUT2D eigenvalue weighted by molar-refractivity contribution is 4.93. The molecule has 2 saturated heterocycles. The van der Waals surface area contributed by atoms with Gasteiger partial charge in [-0.3, -0.25) is 4.90 Å². The quantitative estimate of drug-likeness (QED) is 0.802. The summed E-state index contributed by atoms with van der Waals surface area (Å²) < 4.78 is 0. The average molecular weight is 251 g/mol. The molecule has 0 radical (unpaired) electrons. The third kappa shape index (κ3) is 3.06. The van der Waals surface area contributed by atoms with E-state index in [9.17, 15) is 0 Å². The summed E-state index contributed by atoms with van der Waals surface area (Å²) in [6.07, 6.45) is 8.50. The maximum absolute atomic E-state index is 3.68. The maximum Gasteiger partial charge on any atom is 0.0195 e. The van der Waals surface area contributed by atoms with E-state index in [2.05, 4.69) is 22.0 Å². The molecule has 1 N–H and O–H groups in total. The fourth-order valence-corrected chi connectivity index (χ4v) is 3.74. The van der Waals surface area contributed by atoms with E-state index in [1.165, 1.54) is 71.2 Å². The van der Waals surface area contributed by atoms with Crippen LogP contribution in [0.2, 0.25) is 0 Å². The van der Waals surface area contributed by atoms with Gasteiger partial charge in [0.25, 0.3) is 0 Å². The molecular weight excluding hydrogens is 222 g/mol. The van der Waals surface area contributed by atoms with Crippen molar-refractivity contribution < 1.29 is 0 Å². The Morgan fingerprint density at radius 3 is 2.33 bits per heavy atom. The first kappa shape index (κ1) is 12.9. The van der Waals surface area contributed by atoms with Crippen molar-refractivity contribution in [2.45, 2.75) is 63.6 Å². The minimum Gasteiger partial charge on any atom is -0.313 e. The summed E-state index contributed by atoms with van der Waals surface area (Å²) >= 11 is 0. The van der Waals surface area contributed by atoms with Gasteiger partial charge in [-0.1, -0.05) is 6.92 Å². The molecule has 3 nitrogen and oxygen atoms in total. The molecule has 0 aromatic heterocycles. The molecule has 104 valence electrons. The Morgan fingerprint density at radius 1 is 1.06 bits per heavy atom. The van der Waals surface area contributed by atoms with Gasteiger partial charge in [-0.2, -0.15) is 0 Å². The van der Waals surface area contributed by atoms with Gasteiger partial charge in [0, 0.05) is 24.7 Å². The summed E-state index contributed by atoms with van der Waals surface area (Å²) in [5.74, 6) is 0. The molecule has 3 rings (SSSR count). The van der Waals surface area contributed by atoms with Crippen molar-refractivity contribution in [3.63, 3.8) is 0 Å². The van der Waals surface area contributed by atoms with E-state index in [0.717, 1.165) is 18.1 Å². The molecule has 18 heavy (non-hydrogen) atoms. The second-order valence-electron chi connectivity index (χ2n) is 6.39. The minimum atomic E-state index is 0.787. The molecule has 0 bridgehead atoms. The van der Waals surface area contributed by atoms with Crippen LogP contribution in [0.3, 0.4) is 0 Å². The van der Waals surface area contributed by atoms with Gasteiger partial charge in [-0.15, -0.1) is 0 Å². The van der Waals surface area contributed by atoms with Crippen LogP contribution in [0, 0.1) is 0 Å². The highest BCUT2D eigenvalue weighted by Crippen LogP contribution is 2.32. The Labute approximate surface area is 112 Å². The zero-order valence-corrected chi connectivity index (χ0v) is 11.9. The third-order valence-corrected chi connectivity index (χ3v) is 5.08. The van der Waals surface area contributed by atoms with Gasteiger partial charge in [-0.25, -0.2) is 0 Å². The number of nitrogens with one attached hydrogen (secondary N) is 1. The number of piperidine rings is 1.